The molecule has 0 unspecified atom stereocenters. The fourth-order valence-corrected chi connectivity index (χ4v) is 4.45. The van der Waals surface area contributed by atoms with Crippen LogP contribution in [0.5, 0.6) is 0 Å². The van der Waals surface area contributed by atoms with Crippen LogP contribution >= 0.6 is 0 Å². The van der Waals surface area contributed by atoms with E-state index in [1.165, 1.54) is 0 Å². The van der Waals surface area contributed by atoms with Gasteiger partial charge in [0.15, 0.2) is 17.5 Å². The molecule has 0 fully saturated rings. The zero-order chi connectivity index (χ0) is 24.6. The molecule has 0 aliphatic heterocycles. The van der Waals surface area contributed by atoms with Crippen LogP contribution < -0.4 is 0 Å². The second kappa shape index (κ2) is 8.63. The molecular formula is C30H17N7. The van der Waals surface area contributed by atoms with Crippen LogP contribution in [0.2, 0.25) is 0 Å². The third-order valence-electron chi connectivity index (χ3n) is 6.11. The number of hydrogen-bond donors (Lipinski definition) is 0. The number of pyridine rings is 3. The van der Waals surface area contributed by atoms with Gasteiger partial charge >= 0.3 is 0 Å². The molecule has 1 aliphatic carbocycles. The molecule has 5 heterocycles. The maximum atomic E-state index is 4.81. The van der Waals surface area contributed by atoms with Crippen LogP contribution in [0.15, 0.2) is 115 Å². The van der Waals surface area contributed by atoms with E-state index in [0.29, 0.717) is 28.9 Å². The van der Waals surface area contributed by atoms with Crippen LogP contribution in [0.4, 0.5) is 0 Å². The lowest BCUT2D eigenvalue weighted by Crippen LogP contribution is -2.01. The molecular weight excluding hydrogens is 458 g/mol. The molecule has 0 N–H and O–H groups in total. The molecule has 0 amide bonds. The minimum Gasteiger partial charge on any atom is -0.293 e. The predicted molar refractivity (Wildman–Crippen MR) is 143 cm³/mol. The quantitative estimate of drug-likeness (QED) is 0.296. The molecule has 172 valence electrons. The molecule has 0 bridgehead atoms. The largest absolute Gasteiger partial charge is 0.293 e. The van der Waals surface area contributed by atoms with Gasteiger partial charge < -0.3 is 0 Å². The third-order valence-corrected chi connectivity index (χ3v) is 6.11. The first kappa shape index (κ1) is 20.9. The summed E-state index contributed by atoms with van der Waals surface area (Å²) in [7, 11) is 0. The Balaban J connectivity index is 1.46. The van der Waals surface area contributed by atoms with Crippen molar-refractivity contribution in [2.75, 3.05) is 0 Å². The molecule has 6 aromatic rings. The molecule has 1 aromatic carbocycles. The summed E-state index contributed by atoms with van der Waals surface area (Å²) in [5.41, 5.74) is 11.1. The SMILES string of the molecule is C1=C=CC(n2c3ccc(-c4nc(-c5ccccn5)nc(-c5ccccn5)n4)cc3c3cccnc32)=CC=1. The second-order valence-corrected chi connectivity index (χ2v) is 8.37. The van der Waals surface area contributed by atoms with Gasteiger partial charge in [-0.1, -0.05) is 23.6 Å². The number of aromatic nitrogens is 7. The normalized spacial score (nSPS) is 12.4. The van der Waals surface area contributed by atoms with Crippen LogP contribution in [0.1, 0.15) is 0 Å². The molecule has 1 aliphatic rings. The van der Waals surface area contributed by atoms with Gasteiger partial charge in [-0.05, 0) is 66.7 Å². The van der Waals surface area contributed by atoms with E-state index in [0.717, 1.165) is 33.2 Å². The van der Waals surface area contributed by atoms with E-state index in [1.807, 2.05) is 73.0 Å². The average molecular weight is 476 g/mol. The second-order valence-electron chi connectivity index (χ2n) is 8.37. The summed E-state index contributed by atoms with van der Waals surface area (Å²) in [5, 5.41) is 2.09. The Bertz CT molecular complexity index is 1880. The number of rotatable bonds is 4. The first-order chi connectivity index (χ1) is 18.3. The van der Waals surface area contributed by atoms with Crippen molar-refractivity contribution in [3.63, 3.8) is 0 Å². The molecule has 0 saturated carbocycles. The van der Waals surface area contributed by atoms with Gasteiger partial charge in [-0.2, -0.15) is 0 Å². The van der Waals surface area contributed by atoms with Crippen molar-refractivity contribution >= 4 is 27.6 Å². The Hall–Kier alpha value is -5.48. The molecule has 0 spiro atoms. The number of allylic oxidation sites excluding steroid dienone is 4. The third kappa shape index (κ3) is 3.65. The number of nitrogens with zero attached hydrogens (tertiary/aromatic N) is 7. The highest BCUT2D eigenvalue weighted by Crippen LogP contribution is 2.34. The Morgan fingerprint density at radius 1 is 0.622 bits per heavy atom. The average Bonchev–Trinajstić information content (AvgIpc) is 3.32. The van der Waals surface area contributed by atoms with Crippen molar-refractivity contribution in [1.82, 2.24) is 34.5 Å². The van der Waals surface area contributed by atoms with Crippen LogP contribution in [0, 0.1) is 0 Å². The standard InChI is InChI=1S/C30H17N7/c1-2-9-21(10-3-1)37-26-15-14-20(19-23(26)22-11-8-18-33-30(22)37)27-34-28(24-12-4-6-16-31-24)36-29(35-27)25-13-5-7-17-32-25/h2,4-19H. The Morgan fingerprint density at radius 2 is 1.35 bits per heavy atom. The summed E-state index contributed by atoms with van der Waals surface area (Å²) >= 11 is 0. The fraction of sp³-hybridized carbons (Fsp3) is 0. The van der Waals surface area contributed by atoms with E-state index in [9.17, 15) is 0 Å². The number of fused-ring (bicyclic) bond motifs is 3. The Kier molecular flexibility index (Phi) is 4.86. The van der Waals surface area contributed by atoms with Crippen LogP contribution in [0.3, 0.4) is 0 Å². The van der Waals surface area contributed by atoms with Gasteiger partial charge in [-0.3, -0.25) is 14.5 Å². The lowest BCUT2D eigenvalue weighted by molar-refractivity contribution is 1.05. The highest BCUT2D eigenvalue weighted by molar-refractivity contribution is 6.10. The van der Waals surface area contributed by atoms with Gasteiger partial charge in [0.1, 0.15) is 17.0 Å². The summed E-state index contributed by atoms with van der Waals surface area (Å²) in [6, 6.07) is 21.6. The monoisotopic (exact) mass is 475 g/mol. The molecule has 0 atom stereocenters. The molecule has 0 radical (unpaired) electrons. The van der Waals surface area contributed by atoms with Gasteiger partial charge in [-0.25, -0.2) is 19.9 Å². The molecule has 7 nitrogen and oxygen atoms in total. The topological polar surface area (TPSA) is 82.3 Å². The van der Waals surface area contributed by atoms with Crippen molar-refractivity contribution in [3.05, 3.63) is 115 Å². The zero-order valence-corrected chi connectivity index (χ0v) is 19.4. The Labute approximate surface area is 211 Å². The zero-order valence-electron chi connectivity index (χ0n) is 19.4. The van der Waals surface area contributed by atoms with Gasteiger partial charge in [0.25, 0.3) is 0 Å². The van der Waals surface area contributed by atoms with Crippen molar-refractivity contribution in [2.24, 2.45) is 0 Å². The first-order valence-electron chi connectivity index (χ1n) is 11.7. The summed E-state index contributed by atoms with van der Waals surface area (Å²) < 4.78 is 2.13. The highest BCUT2D eigenvalue weighted by atomic mass is 15.1. The Morgan fingerprint density at radius 3 is 2.03 bits per heavy atom. The fourth-order valence-electron chi connectivity index (χ4n) is 4.45. The number of hydrogen-bond acceptors (Lipinski definition) is 6. The van der Waals surface area contributed by atoms with E-state index >= 15 is 0 Å². The van der Waals surface area contributed by atoms with E-state index in [2.05, 4.69) is 54.2 Å². The smallest absolute Gasteiger partial charge is 0.182 e. The summed E-state index contributed by atoms with van der Waals surface area (Å²) in [4.78, 5) is 27.9. The lowest BCUT2D eigenvalue weighted by Gasteiger charge is -2.09. The summed E-state index contributed by atoms with van der Waals surface area (Å²) in [6.07, 6.45) is 11.0. The van der Waals surface area contributed by atoms with E-state index in [1.54, 1.807) is 12.4 Å². The maximum absolute atomic E-state index is 4.81. The summed E-state index contributed by atoms with van der Waals surface area (Å²) in [6.45, 7) is 0. The predicted octanol–water partition coefficient (Wildman–Crippen LogP) is 5.89. The molecule has 37 heavy (non-hydrogen) atoms. The first-order valence-corrected chi connectivity index (χ1v) is 11.7. The molecule has 7 rings (SSSR count). The van der Waals surface area contributed by atoms with Gasteiger partial charge in [-0.15, -0.1) is 0 Å². The van der Waals surface area contributed by atoms with Crippen molar-refractivity contribution in [2.45, 2.75) is 0 Å². The minimum atomic E-state index is 0.492. The van der Waals surface area contributed by atoms with Gasteiger partial charge in [0, 0.05) is 41.0 Å². The van der Waals surface area contributed by atoms with Crippen LogP contribution in [0.25, 0.3) is 62.1 Å². The van der Waals surface area contributed by atoms with Crippen molar-refractivity contribution in [1.29, 1.82) is 0 Å². The van der Waals surface area contributed by atoms with Gasteiger partial charge in [0.05, 0.1) is 11.2 Å². The van der Waals surface area contributed by atoms with Gasteiger partial charge in [0.2, 0.25) is 0 Å². The van der Waals surface area contributed by atoms with E-state index in [4.69, 9.17) is 9.97 Å². The molecule has 0 saturated heterocycles. The lowest BCUT2D eigenvalue weighted by atomic mass is 10.1. The highest BCUT2D eigenvalue weighted by Gasteiger charge is 2.17. The van der Waals surface area contributed by atoms with E-state index < -0.39 is 0 Å². The van der Waals surface area contributed by atoms with E-state index in [-0.39, 0.29) is 0 Å². The number of benzene rings is 1. The van der Waals surface area contributed by atoms with Crippen LogP contribution in [-0.4, -0.2) is 34.5 Å². The molecule has 5 aromatic heterocycles. The minimum absolute atomic E-state index is 0.492. The van der Waals surface area contributed by atoms with Crippen LogP contribution in [-0.2, 0) is 0 Å². The summed E-state index contributed by atoms with van der Waals surface area (Å²) in [5.74, 6) is 1.53. The molecule has 7 heteroatoms. The van der Waals surface area contributed by atoms with Crippen molar-refractivity contribution < 1.29 is 0 Å². The van der Waals surface area contributed by atoms with Crippen molar-refractivity contribution in [3.8, 4) is 34.4 Å². The maximum Gasteiger partial charge on any atom is 0.182 e.